The maximum atomic E-state index is 13.2. The van der Waals surface area contributed by atoms with Crippen molar-refractivity contribution in [2.75, 3.05) is 11.9 Å². The standard InChI is InChI=1S/C26H23N3O2S2/c1-17-21(26(31)29-12-10-23-19(15-29)11-13-32-23)8-5-9-22(17)28-24(30)14-20-16-33-25(27-20)18-6-3-2-4-7-18/h2-9,11,13,16H,10,12,14-15H2,1H3,(H,28,30). The van der Waals surface area contributed by atoms with Gasteiger partial charge in [-0.1, -0.05) is 36.4 Å². The molecule has 0 saturated heterocycles. The fourth-order valence-corrected chi connectivity index (χ4v) is 5.77. The minimum Gasteiger partial charge on any atom is -0.334 e. The van der Waals surface area contributed by atoms with Crippen LogP contribution in [0.15, 0.2) is 65.4 Å². The molecule has 166 valence electrons. The van der Waals surface area contributed by atoms with Crippen LogP contribution < -0.4 is 5.32 Å². The van der Waals surface area contributed by atoms with E-state index >= 15 is 0 Å². The van der Waals surface area contributed by atoms with Crippen LogP contribution in [0.2, 0.25) is 0 Å². The molecule has 0 bridgehead atoms. The quantitative estimate of drug-likeness (QED) is 0.413. The van der Waals surface area contributed by atoms with Crippen LogP contribution in [-0.4, -0.2) is 28.2 Å². The van der Waals surface area contributed by atoms with Gasteiger partial charge in [0.25, 0.3) is 5.91 Å². The highest BCUT2D eigenvalue weighted by Gasteiger charge is 2.24. The van der Waals surface area contributed by atoms with Gasteiger partial charge in [-0.25, -0.2) is 4.98 Å². The second-order valence-corrected chi connectivity index (χ2v) is 9.92. The fourth-order valence-electron chi connectivity index (χ4n) is 4.06. The molecule has 0 fully saturated rings. The Balaban J connectivity index is 1.27. The summed E-state index contributed by atoms with van der Waals surface area (Å²) >= 11 is 3.29. The van der Waals surface area contributed by atoms with Crippen molar-refractivity contribution >= 4 is 40.2 Å². The largest absolute Gasteiger partial charge is 0.334 e. The lowest BCUT2D eigenvalue weighted by Crippen LogP contribution is -2.35. The molecule has 0 spiro atoms. The Hall–Kier alpha value is -3.29. The third-order valence-corrected chi connectivity index (χ3v) is 7.81. The van der Waals surface area contributed by atoms with Crippen LogP contribution in [0.4, 0.5) is 5.69 Å². The summed E-state index contributed by atoms with van der Waals surface area (Å²) in [5.41, 5.74) is 5.10. The van der Waals surface area contributed by atoms with Crippen LogP contribution in [-0.2, 0) is 24.2 Å². The molecule has 5 rings (SSSR count). The molecule has 1 aliphatic heterocycles. The van der Waals surface area contributed by atoms with Crippen LogP contribution in [0.1, 0.15) is 32.1 Å². The van der Waals surface area contributed by atoms with Crippen molar-refractivity contribution in [2.24, 2.45) is 0 Å². The number of nitrogens with zero attached hydrogens (tertiary/aromatic N) is 2. The average Bonchev–Trinajstić information content (AvgIpc) is 3.49. The maximum absolute atomic E-state index is 13.2. The van der Waals surface area contributed by atoms with Crippen LogP contribution in [0, 0.1) is 6.92 Å². The van der Waals surface area contributed by atoms with Gasteiger partial charge in [0.05, 0.1) is 12.1 Å². The molecule has 3 heterocycles. The van der Waals surface area contributed by atoms with E-state index in [0.29, 0.717) is 17.8 Å². The predicted molar refractivity (Wildman–Crippen MR) is 134 cm³/mol. The van der Waals surface area contributed by atoms with Crippen LogP contribution in [0.3, 0.4) is 0 Å². The molecule has 4 aromatic rings. The van der Waals surface area contributed by atoms with Crippen LogP contribution >= 0.6 is 22.7 Å². The molecule has 1 N–H and O–H groups in total. The van der Waals surface area contributed by atoms with Crippen LogP contribution in [0.5, 0.6) is 0 Å². The van der Waals surface area contributed by atoms with E-state index in [1.165, 1.54) is 21.8 Å². The van der Waals surface area contributed by atoms with E-state index in [0.717, 1.165) is 34.8 Å². The van der Waals surface area contributed by atoms with Gasteiger partial charge >= 0.3 is 0 Å². The predicted octanol–water partition coefficient (Wildman–Crippen LogP) is 5.56. The highest BCUT2D eigenvalue weighted by atomic mass is 32.1. The van der Waals surface area contributed by atoms with Crippen molar-refractivity contribution in [2.45, 2.75) is 26.3 Å². The number of carbonyl (C=O) groups is 2. The molecular weight excluding hydrogens is 450 g/mol. The number of hydrogen-bond acceptors (Lipinski definition) is 5. The molecule has 2 aromatic heterocycles. The molecule has 0 unspecified atom stereocenters. The normalized spacial score (nSPS) is 12.9. The Labute approximate surface area is 200 Å². The van der Waals surface area contributed by atoms with E-state index in [2.05, 4.69) is 21.7 Å². The number of aromatic nitrogens is 1. The number of nitrogens with one attached hydrogen (secondary N) is 1. The maximum Gasteiger partial charge on any atom is 0.254 e. The van der Waals surface area contributed by atoms with E-state index in [1.54, 1.807) is 11.3 Å². The fraction of sp³-hybridized carbons (Fsp3) is 0.192. The first-order valence-electron chi connectivity index (χ1n) is 10.8. The number of thiophene rings is 1. The number of carbonyl (C=O) groups excluding carboxylic acids is 2. The summed E-state index contributed by atoms with van der Waals surface area (Å²) < 4.78 is 0. The topological polar surface area (TPSA) is 62.3 Å². The van der Waals surface area contributed by atoms with Crippen molar-refractivity contribution in [3.05, 3.63) is 92.6 Å². The summed E-state index contributed by atoms with van der Waals surface area (Å²) in [6.07, 6.45) is 1.08. The lowest BCUT2D eigenvalue weighted by atomic mass is 10.0. The zero-order chi connectivity index (χ0) is 22.8. The third-order valence-electron chi connectivity index (χ3n) is 5.85. The van der Waals surface area contributed by atoms with E-state index in [1.807, 2.05) is 65.7 Å². The summed E-state index contributed by atoms with van der Waals surface area (Å²) in [7, 11) is 0. The van der Waals surface area contributed by atoms with Crippen molar-refractivity contribution < 1.29 is 9.59 Å². The molecule has 33 heavy (non-hydrogen) atoms. The van der Waals surface area contributed by atoms with Gasteiger partial charge in [-0.3, -0.25) is 9.59 Å². The number of hydrogen-bond donors (Lipinski definition) is 1. The first-order chi connectivity index (χ1) is 16.1. The van der Waals surface area contributed by atoms with E-state index in [9.17, 15) is 9.59 Å². The highest BCUT2D eigenvalue weighted by Crippen LogP contribution is 2.27. The number of anilines is 1. The molecular formula is C26H23N3O2S2. The minimum absolute atomic E-state index is 0.00690. The molecule has 5 nitrogen and oxygen atoms in total. The van der Waals surface area contributed by atoms with Crippen molar-refractivity contribution in [3.63, 3.8) is 0 Å². The molecule has 0 atom stereocenters. The number of rotatable bonds is 5. The van der Waals surface area contributed by atoms with Gasteiger partial charge in [0.15, 0.2) is 0 Å². The zero-order valence-corrected chi connectivity index (χ0v) is 19.8. The van der Waals surface area contributed by atoms with Gasteiger partial charge in [0.1, 0.15) is 5.01 Å². The highest BCUT2D eigenvalue weighted by molar-refractivity contribution is 7.13. The second kappa shape index (κ2) is 9.29. The van der Waals surface area contributed by atoms with E-state index in [4.69, 9.17) is 0 Å². The van der Waals surface area contributed by atoms with Gasteiger partial charge < -0.3 is 10.2 Å². The SMILES string of the molecule is Cc1c(NC(=O)Cc2csc(-c3ccccc3)n2)cccc1C(=O)N1CCc2sccc2C1. The molecule has 0 aliphatic carbocycles. The smallest absolute Gasteiger partial charge is 0.254 e. The summed E-state index contributed by atoms with van der Waals surface area (Å²) in [4.78, 5) is 33.8. The average molecular weight is 474 g/mol. The lowest BCUT2D eigenvalue weighted by Gasteiger charge is -2.28. The number of amides is 2. The Morgan fingerprint density at radius 3 is 2.76 bits per heavy atom. The second-order valence-electron chi connectivity index (χ2n) is 8.06. The Morgan fingerprint density at radius 2 is 1.91 bits per heavy atom. The summed E-state index contributed by atoms with van der Waals surface area (Å²) in [6, 6.07) is 17.5. The Morgan fingerprint density at radius 1 is 1.06 bits per heavy atom. The first-order valence-corrected chi connectivity index (χ1v) is 12.6. The monoisotopic (exact) mass is 473 g/mol. The van der Waals surface area contributed by atoms with Gasteiger partial charge in [0, 0.05) is 40.2 Å². The first kappa shape index (κ1) is 21.6. The van der Waals surface area contributed by atoms with Crippen molar-refractivity contribution in [1.29, 1.82) is 0 Å². The molecule has 2 amide bonds. The van der Waals surface area contributed by atoms with E-state index < -0.39 is 0 Å². The summed E-state index contributed by atoms with van der Waals surface area (Å²) in [6.45, 7) is 3.25. The number of benzene rings is 2. The van der Waals surface area contributed by atoms with Gasteiger partial charge in [-0.2, -0.15) is 0 Å². The minimum atomic E-state index is -0.145. The third kappa shape index (κ3) is 4.60. The molecule has 2 aromatic carbocycles. The molecule has 1 aliphatic rings. The van der Waals surface area contributed by atoms with Gasteiger partial charge in [0.2, 0.25) is 5.91 Å². The molecule has 0 radical (unpaired) electrons. The lowest BCUT2D eigenvalue weighted by molar-refractivity contribution is -0.115. The van der Waals surface area contributed by atoms with Crippen molar-refractivity contribution in [1.82, 2.24) is 9.88 Å². The van der Waals surface area contributed by atoms with Crippen molar-refractivity contribution in [3.8, 4) is 10.6 Å². The molecule has 7 heteroatoms. The zero-order valence-electron chi connectivity index (χ0n) is 18.2. The summed E-state index contributed by atoms with van der Waals surface area (Å²) in [5.74, 6) is -0.138. The molecule has 0 saturated carbocycles. The van der Waals surface area contributed by atoms with E-state index in [-0.39, 0.29) is 18.2 Å². The Bertz CT molecular complexity index is 1310. The number of thiazole rings is 1. The summed E-state index contributed by atoms with van der Waals surface area (Å²) in [5, 5.41) is 7.88. The van der Waals surface area contributed by atoms with Gasteiger partial charge in [-0.15, -0.1) is 22.7 Å². The number of fused-ring (bicyclic) bond motifs is 1. The van der Waals surface area contributed by atoms with Crippen LogP contribution in [0.25, 0.3) is 10.6 Å². The Kier molecular flexibility index (Phi) is 6.07. The van der Waals surface area contributed by atoms with Gasteiger partial charge in [-0.05, 0) is 48.1 Å².